The Hall–Kier alpha value is -3.90. The van der Waals surface area contributed by atoms with Crippen molar-refractivity contribution < 1.29 is 50.2 Å². The van der Waals surface area contributed by atoms with Gasteiger partial charge in [0.15, 0.2) is 0 Å². The number of rotatable bonds is 6. The molecule has 2 amide bonds. The molecule has 0 spiro atoms. The monoisotopic (exact) mass is 626 g/mol. The molecule has 0 unspecified atom stereocenters. The number of carboxylic acids is 1. The molecule has 3 saturated carbocycles. The molecule has 4 atom stereocenters. The fourth-order valence-corrected chi connectivity index (χ4v) is 7.12. The van der Waals surface area contributed by atoms with Crippen LogP contribution >= 0.6 is 0 Å². The lowest BCUT2D eigenvalue weighted by molar-refractivity contribution is -0.140. The minimum atomic E-state index is -5.03. The second-order valence-electron chi connectivity index (χ2n) is 11.7. The predicted molar refractivity (Wildman–Crippen MR) is 144 cm³/mol. The van der Waals surface area contributed by atoms with Crippen LogP contribution in [0.5, 0.6) is 0 Å². The number of alkyl halides is 6. The van der Waals surface area contributed by atoms with Gasteiger partial charge in [0, 0.05) is 29.6 Å². The molecule has 3 N–H and O–H groups in total. The van der Waals surface area contributed by atoms with Crippen molar-refractivity contribution in [1.82, 2.24) is 5.32 Å². The second kappa shape index (κ2) is 11.9. The number of carboxylic acid groups (broad SMARTS) is 1. The zero-order chi connectivity index (χ0) is 32.0. The van der Waals surface area contributed by atoms with Gasteiger partial charge < -0.3 is 15.7 Å². The molecule has 3 aliphatic carbocycles. The van der Waals surface area contributed by atoms with Gasteiger partial charge in [0.05, 0.1) is 17.0 Å². The Bertz CT molecular complexity index is 1480. The Morgan fingerprint density at radius 2 is 1.52 bits per heavy atom. The number of amides is 2. The van der Waals surface area contributed by atoms with Crippen LogP contribution in [0.4, 0.5) is 36.4 Å². The largest absolute Gasteiger partial charge is 0.478 e. The minimum absolute atomic E-state index is 0.0259. The second-order valence-corrected chi connectivity index (χ2v) is 11.7. The van der Waals surface area contributed by atoms with Gasteiger partial charge in [-0.1, -0.05) is 17.7 Å². The lowest BCUT2D eigenvalue weighted by Crippen LogP contribution is -2.50. The van der Waals surface area contributed by atoms with E-state index in [1.165, 1.54) is 6.07 Å². The van der Waals surface area contributed by atoms with Crippen LogP contribution in [-0.4, -0.2) is 35.1 Å². The first kappa shape index (κ1) is 31.5. The van der Waals surface area contributed by atoms with Crippen LogP contribution < -0.4 is 10.6 Å². The summed E-state index contributed by atoms with van der Waals surface area (Å²) in [5, 5.41) is 14.4. The van der Waals surface area contributed by atoms with Gasteiger partial charge in [0.25, 0.3) is 0 Å². The maximum Gasteiger partial charge on any atom is 0.419 e. The highest BCUT2D eigenvalue weighted by Crippen LogP contribution is 2.54. The number of anilines is 1. The van der Waals surface area contributed by atoms with Crippen LogP contribution in [0.2, 0.25) is 0 Å². The molecule has 0 radical (unpaired) electrons. The van der Waals surface area contributed by atoms with Gasteiger partial charge in [-0.05, 0) is 86.3 Å². The number of nitrogens with one attached hydrogen (secondary N) is 2. The van der Waals surface area contributed by atoms with Crippen molar-refractivity contribution in [3.63, 3.8) is 0 Å². The molecule has 0 aromatic heterocycles. The summed E-state index contributed by atoms with van der Waals surface area (Å²) in [6.45, 7) is 0. The molecule has 13 heteroatoms. The van der Waals surface area contributed by atoms with Gasteiger partial charge in [-0.25, -0.2) is 9.18 Å². The predicted octanol–water partition coefficient (Wildman–Crippen LogP) is 7.08. The third-order valence-corrected chi connectivity index (χ3v) is 9.08. The van der Waals surface area contributed by atoms with E-state index in [0.29, 0.717) is 44.2 Å². The average Bonchev–Trinajstić information content (AvgIpc) is 3.46. The van der Waals surface area contributed by atoms with Crippen molar-refractivity contribution in [2.75, 3.05) is 5.32 Å². The van der Waals surface area contributed by atoms with Gasteiger partial charge in [-0.15, -0.1) is 0 Å². The third-order valence-electron chi connectivity index (χ3n) is 9.08. The summed E-state index contributed by atoms with van der Waals surface area (Å²) in [5.74, 6) is -7.19. The van der Waals surface area contributed by atoms with Crippen molar-refractivity contribution in [2.24, 2.45) is 23.7 Å². The molecule has 2 aromatic carbocycles. The summed E-state index contributed by atoms with van der Waals surface area (Å²) in [4.78, 5) is 38.1. The number of aromatic carboxylic acids is 1. The van der Waals surface area contributed by atoms with Crippen molar-refractivity contribution in [3.8, 4) is 0 Å². The zero-order valence-corrected chi connectivity index (χ0v) is 23.1. The highest BCUT2D eigenvalue weighted by atomic mass is 19.4. The number of carbonyl (C=O) groups is 3. The highest BCUT2D eigenvalue weighted by Gasteiger charge is 2.56. The van der Waals surface area contributed by atoms with Crippen LogP contribution in [0.3, 0.4) is 0 Å². The topological polar surface area (TPSA) is 95.5 Å². The molecular weight excluding hydrogens is 597 g/mol. The van der Waals surface area contributed by atoms with Crippen LogP contribution in [0.1, 0.15) is 65.9 Å². The zero-order valence-electron chi connectivity index (χ0n) is 23.1. The Labute approximate surface area is 247 Å². The fraction of sp³-hybridized carbons (Fsp3) is 0.452. The van der Waals surface area contributed by atoms with Crippen LogP contribution in [0.25, 0.3) is 0 Å². The van der Waals surface area contributed by atoms with Gasteiger partial charge in [0.2, 0.25) is 11.8 Å². The Morgan fingerprint density at radius 3 is 2.16 bits per heavy atom. The van der Waals surface area contributed by atoms with E-state index in [0.717, 1.165) is 11.6 Å². The van der Waals surface area contributed by atoms with Crippen LogP contribution in [-0.2, 0) is 15.8 Å². The van der Waals surface area contributed by atoms with E-state index in [2.05, 4.69) is 10.6 Å². The SMILES string of the molecule is O=C(O)c1cccc(C2CCC(C(=O)N[C@H]3[C@@H](C(=O)Nc4ccc(F)c(C(F)(F)F)c4)[C@H]4CC[C@@H]3/C4=C\C(F)(F)F)CC2)c1. The first-order valence-electron chi connectivity index (χ1n) is 14.2. The molecular formula is C31H29F7N2O4. The number of allylic oxidation sites excluding steroid dienone is 1. The smallest absolute Gasteiger partial charge is 0.419 e. The number of hydrogen-bond acceptors (Lipinski definition) is 3. The molecule has 44 heavy (non-hydrogen) atoms. The summed E-state index contributed by atoms with van der Waals surface area (Å²) >= 11 is 0. The average molecular weight is 627 g/mol. The van der Waals surface area contributed by atoms with E-state index in [-0.39, 0.29) is 35.2 Å². The Kier molecular flexibility index (Phi) is 8.52. The third kappa shape index (κ3) is 6.61. The standard InChI is InChI=1S/C31H29F7N2O4/c32-24-11-8-19(13-23(24)31(36,37)38)39-28(42)25-20-9-10-21(22(20)14-30(33,34)35)26(25)40-27(41)16-6-4-15(5-7-16)17-2-1-3-18(12-17)29(43)44/h1-3,8,11-16,20-21,25-26H,4-7,9-10H2,(H,39,42)(H,40,41)(H,43,44)/b22-14-/t15?,16?,20-,21+,25-,26+/m0/s1. The number of hydrogen-bond donors (Lipinski definition) is 3. The van der Waals surface area contributed by atoms with E-state index in [1.807, 2.05) is 6.07 Å². The van der Waals surface area contributed by atoms with Crippen LogP contribution in [0, 0.1) is 29.5 Å². The number of halogens is 7. The molecule has 3 aliphatic rings. The summed E-state index contributed by atoms with van der Waals surface area (Å²) in [7, 11) is 0. The van der Waals surface area contributed by atoms with E-state index < -0.39 is 71.2 Å². The molecule has 5 rings (SSSR count). The summed E-state index contributed by atoms with van der Waals surface area (Å²) < 4.78 is 93.7. The summed E-state index contributed by atoms with van der Waals surface area (Å²) in [6, 6.07) is 7.44. The lowest BCUT2D eigenvalue weighted by atomic mass is 9.77. The molecule has 2 aromatic rings. The van der Waals surface area contributed by atoms with E-state index in [1.54, 1.807) is 12.1 Å². The number of fused-ring (bicyclic) bond motifs is 2. The van der Waals surface area contributed by atoms with E-state index >= 15 is 0 Å². The molecule has 236 valence electrons. The first-order valence-corrected chi connectivity index (χ1v) is 14.2. The maximum absolute atomic E-state index is 13.8. The number of carbonyl (C=O) groups excluding carboxylic acids is 2. The van der Waals surface area contributed by atoms with Crippen molar-refractivity contribution in [2.45, 2.75) is 62.8 Å². The molecule has 3 fully saturated rings. The summed E-state index contributed by atoms with van der Waals surface area (Å²) in [5.41, 5.74) is -1.01. The highest BCUT2D eigenvalue weighted by molar-refractivity contribution is 5.95. The minimum Gasteiger partial charge on any atom is -0.478 e. The lowest BCUT2D eigenvalue weighted by Gasteiger charge is -2.33. The normalized spacial score (nSPS) is 27.8. The molecule has 0 aliphatic heterocycles. The van der Waals surface area contributed by atoms with Crippen LogP contribution in [0.15, 0.2) is 54.1 Å². The number of benzene rings is 2. The fourth-order valence-electron chi connectivity index (χ4n) is 7.12. The molecule has 2 bridgehead atoms. The maximum atomic E-state index is 13.8. The quantitative estimate of drug-likeness (QED) is 0.236. The van der Waals surface area contributed by atoms with E-state index in [4.69, 9.17) is 0 Å². The molecule has 0 saturated heterocycles. The first-order chi connectivity index (χ1) is 20.6. The Morgan fingerprint density at radius 1 is 0.841 bits per heavy atom. The Balaban J connectivity index is 1.32. The molecule has 6 nitrogen and oxygen atoms in total. The van der Waals surface area contributed by atoms with E-state index in [9.17, 15) is 50.2 Å². The molecule has 0 heterocycles. The summed E-state index contributed by atoms with van der Waals surface area (Å²) in [6.07, 6.45) is -7.01. The van der Waals surface area contributed by atoms with Gasteiger partial charge in [0.1, 0.15) is 5.82 Å². The van der Waals surface area contributed by atoms with Crippen molar-refractivity contribution in [1.29, 1.82) is 0 Å². The van der Waals surface area contributed by atoms with Crippen molar-refractivity contribution in [3.05, 3.63) is 76.6 Å². The van der Waals surface area contributed by atoms with Gasteiger partial charge >= 0.3 is 18.3 Å². The van der Waals surface area contributed by atoms with Gasteiger partial charge in [-0.3, -0.25) is 9.59 Å². The van der Waals surface area contributed by atoms with Crippen molar-refractivity contribution >= 4 is 23.5 Å². The van der Waals surface area contributed by atoms with Gasteiger partial charge in [-0.2, -0.15) is 26.3 Å².